The van der Waals surface area contributed by atoms with Crippen molar-refractivity contribution in [1.82, 2.24) is 0 Å². The Kier molecular flexibility index (Phi) is 4.44. The van der Waals surface area contributed by atoms with Gasteiger partial charge < -0.3 is 4.74 Å². The quantitative estimate of drug-likeness (QED) is 0.478. The summed E-state index contributed by atoms with van der Waals surface area (Å²) in [5.74, 6) is -0.135. The zero-order chi connectivity index (χ0) is 15.8. The smallest absolute Gasteiger partial charge is 0.416 e. The van der Waals surface area contributed by atoms with E-state index in [4.69, 9.17) is 21.7 Å². The van der Waals surface area contributed by atoms with E-state index in [1.54, 1.807) is 27.7 Å². The normalized spacial score (nSPS) is 13.2. The molecular weight excluding hydrogens is 291 g/mol. The molecule has 1 N–H and O–H groups in total. The second kappa shape index (κ2) is 5.28. The van der Waals surface area contributed by atoms with Crippen molar-refractivity contribution >= 4 is 17.5 Å². The SMILES string of the molecule is CC(C)(Cl)C(=N)OC(C)(C)c1ccc(C(F)(F)F)cc1. The summed E-state index contributed by atoms with van der Waals surface area (Å²) in [5.41, 5.74) is -1.12. The Morgan fingerprint density at radius 2 is 1.40 bits per heavy atom. The standard InChI is InChI=1S/C14H17ClF3NO/c1-12(2,15)11(19)20-13(3,4)9-5-7-10(8-6-9)14(16,17)18/h5-8,19H,1-4H3. The maximum absolute atomic E-state index is 12.5. The van der Waals surface area contributed by atoms with Gasteiger partial charge in [-0.15, -0.1) is 11.6 Å². The molecule has 112 valence electrons. The lowest BCUT2D eigenvalue weighted by atomic mass is 9.96. The van der Waals surface area contributed by atoms with Crippen LogP contribution in [0.15, 0.2) is 24.3 Å². The molecule has 0 bridgehead atoms. The molecule has 0 amide bonds. The number of rotatable bonds is 3. The summed E-state index contributed by atoms with van der Waals surface area (Å²) in [7, 11) is 0. The molecule has 0 aliphatic carbocycles. The molecule has 0 saturated heterocycles. The van der Waals surface area contributed by atoms with E-state index in [0.29, 0.717) is 5.56 Å². The minimum Gasteiger partial charge on any atom is -0.469 e. The molecule has 6 heteroatoms. The van der Waals surface area contributed by atoms with Crippen molar-refractivity contribution in [3.8, 4) is 0 Å². The highest BCUT2D eigenvalue weighted by atomic mass is 35.5. The van der Waals surface area contributed by atoms with Crippen molar-refractivity contribution in [1.29, 1.82) is 5.41 Å². The topological polar surface area (TPSA) is 33.1 Å². The fourth-order valence-electron chi connectivity index (χ4n) is 1.50. The second-order valence-corrected chi connectivity index (χ2v) is 6.43. The van der Waals surface area contributed by atoms with Gasteiger partial charge in [-0.2, -0.15) is 13.2 Å². The number of alkyl halides is 4. The van der Waals surface area contributed by atoms with Crippen LogP contribution in [0.5, 0.6) is 0 Å². The van der Waals surface area contributed by atoms with Crippen LogP contribution in [0.4, 0.5) is 13.2 Å². The van der Waals surface area contributed by atoms with Gasteiger partial charge in [-0.3, -0.25) is 5.41 Å². The Balaban J connectivity index is 2.96. The van der Waals surface area contributed by atoms with Crippen LogP contribution in [0, 0.1) is 5.41 Å². The maximum Gasteiger partial charge on any atom is 0.416 e. The Morgan fingerprint density at radius 3 is 1.75 bits per heavy atom. The molecule has 0 unspecified atom stereocenters. The molecule has 1 aromatic rings. The predicted molar refractivity (Wildman–Crippen MR) is 73.2 cm³/mol. The zero-order valence-corrected chi connectivity index (χ0v) is 12.5. The first kappa shape index (κ1) is 16.8. The summed E-state index contributed by atoms with van der Waals surface area (Å²) in [6.45, 7) is 6.57. The first-order chi connectivity index (χ1) is 8.84. The van der Waals surface area contributed by atoms with Gasteiger partial charge in [0.2, 0.25) is 5.90 Å². The lowest BCUT2D eigenvalue weighted by Crippen LogP contribution is -2.34. The monoisotopic (exact) mass is 307 g/mol. The fraction of sp³-hybridized carbons (Fsp3) is 0.500. The van der Waals surface area contributed by atoms with E-state index < -0.39 is 22.2 Å². The molecule has 0 aliphatic heterocycles. The predicted octanol–water partition coefficient (Wildman–Crippen LogP) is 4.95. The molecular formula is C14H17ClF3NO. The first-order valence-electron chi connectivity index (χ1n) is 5.99. The van der Waals surface area contributed by atoms with Crippen molar-refractivity contribution in [3.63, 3.8) is 0 Å². The third-order valence-corrected chi connectivity index (χ3v) is 2.98. The van der Waals surface area contributed by atoms with E-state index in [1.807, 2.05) is 0 Å². The van der Waals surface area contributed by atoms with Gasteiger partial charge in [-0.05, 0) is 45.4 Å². The van der Waals surface area contributed by atoms with E-state index in [2.05, 4.69) is 0 Å². The van der Waals surface area contributed by atoms with Gasteiger partial charge in [-0.1, -0.05) is 12.1 Å². The molecule has 0 radical (unpaired) electrons. The molecule has 0 aliphatic rings. The second-order valence-electron chi connectivity index (χ2n) is 5.49. The van der Waals surface area contributed by atoms with E-state index in [-0.39, 0.29) is 5.90 Å². The Bertz CT molecular complexity index is 487. The Labute approximate surface area is 121 Å². The Morgan fingerprint density at radius 1 is 1.00 bits per heavy atom. The molecule has 0 aromatic heterocycles. The van der Waals surface area contributed by atoms with Crippen molar-refractivity contribution in [2.24, 2.45) is 0 Å². The number of nitrogens with one attached hydrogen (secondary N) is 1. The van der Waals surface area contributed by atoms with Crippen molar-refractivity contribution in [2.45, 2.75) is 44.3 Å². The molecule has 0 spiro atoms. The summed E-state index contributed by atoms with van der Waals surface area (Å²) >= 11 is 5.96. The third-order valence-electron chi connectivity index (χ3n) is 2.80. The van der Waals surface area contributed by atoms with Gasteiger partial charge in [-0.25, -0.2) is 0 Å². The van der Waals surface area contributed by atoms with Crippen LogP contribution in [0.2, 0.25) is 0 Å². The van der Waals surface area contributed by atoms with Crippen molar-refractivity contribution < 1.29 is 17.9 Å². The largest absolute Gasteiger partial charge is 0.469 e. The number of hydrogen-bond acceptors (Lipinski definition) is 2. The lowest BCUT2D eigenvalue weighted by molar-refractivity contribution is -0.137. The molecule has 20 heavy (non-hydrogen) atoms. The van der Waals surface area contributed by atoms with Gasteiger partial charge in [0.15, 0.2) is 0 Å². The Hall–Kier alpha value is -1.23. The molecule has 1 rings (SSSR count). The zero-order valence-electron chi connectivity index (χ0n) is 11.7. The molecule has 0 saturated carbocycles. The summed E-state index contributed by atoms with van der Waals surface area (Å²) in [5, 5.41) is 7.75. The number of ether oxygens (including phenoxy) is 1. The third kappa shape index (κ3) is 4.13. The van der Waals surface area contributed by atoms with E-state index in [9.17, 15) is 13.2 Å². The van der Waals surface area contributed by atoms with Crippen molar-refractivity contribution in [3.05, 3.63) is 35.4 Å². The highest BCUT2D eigenvalue weighted by molar-refractivity contribution is 6.33. The van der Waals surface area contributed by atoms with Gasteiger partial charge in [0.1, 0.15) is 10.5 Å². The van der Waals surface area contributed by atoms with Crippen molar-refractivity contribution in [2.75, 3.05) is 0 Å². The van der Waals surface area contributed by atoms with E-state index in [0.717, 1.165) is 12.1 Å². The van der Waals surface area contributed by atoms with Crippen LogP contribution in [0.1, 0.15) is 38.8 Å². The molecule has 0 atom stereocenters. The summed E-state index contributed by atoms with van der Waals surface area (Å²) in [6, 6.07) is 4.68. The summed E-state index contributed by atoms with van der Waals surface area (Å²) in [6.07, 6.45) is -4.37. The van der Waals surface area contributed by atoms with Crippen LogP contribution >= 0.6 is 11.6 Å². The highest BCUT2D eigenvalue weighted by Crippen LogP contribution is 2.33. The number of hydrogen-bond donors (Lipinski definition) is 1. The van der Waals surface area contributed by atoms with Crippen LogP contribution in [-0.2, 0) is 16.5 Å². The van der Waals surface area contributed by atoms with Gasteiger partial charge in [0.25, 0.3) is 0 Å². The molecule has 0 fully saturated rings. The first-order valence-corrected chi connectivity index (χ1v) is 6.36. The number of halogens is 4. The molecule has 2 nitrogen and oxygen atoms in total. The van der Waals surface area contributed by atoms with Gasteiger partial charge >= 0.3 is 6.18 Å². The lowest BCUT2D eigenvalue weighted by Gasteiger charge is -2.30. The fourth-order valence-corrected chi connectivity index (χ4v) is 1.53. The minimum absolute atomic E-state index is 0.135. The average molecular weight is 308 g/mol. The van der Waals surface area contributed by atoms with E-state index in [1.165, 1.54) is 12.1 Å². The van der Waals surface area contributed by atoms with Gasteiger partial charge in [0, 0.05) is 0 Å². The van der Waals surface area contributed by atoms with Crippen LogP contribution in [-0.4, -0.2) is 10.8 Å². The van der Waals surface area contributed by atoms with E-state index >= 15 is 0 Å². The minimum atomic E-state index is -4.37. The van der Waals surface area contributed by atoms with Crippen LogP contribution in [0.3, 0.4) is 0 Å². The highest BCUT2D eigenvalue weighted by Gasteiger charge is 2.33. The average Bonchev–Trinajstić information content (AvgIpc) is 2.26. The van der Waals surface area contributed by atoms with Crippen LogP contribution in [0.25, 0.3) is 0 Å². The molecule has 1 aromatic carbocycles. The van der Waals surface area contributed by atoms with Gasteiger partial charge in [0.05, 0.1) is 5.56 Å². The summed E-state index contributed by atoms with van der Waals surface area (Å²) in [4.78, 5) is -0.969. The number of benzene rings is 1. The maximum atomic E-state index is 12.5. The van der Waals surface area contributed by atoms with Crippen LogP contribution < -0.4 is 0 Å². The summed E-state index contributed by atoms with van der Waals surface area (Å²) < 4.78 is 43.0. The molecule has 0 heterocycles.